The molecule has 0 aromatic heterocycles. The third-order valence-corrected chi connectivity index (χ3v) is 6.71. The SMILES string of the molecule is COc1ccc(OCCN(C)S(=O)(=O)c2ccc(-c3ccc(NC(C)=O)cc3)cc2)cc1. The van der Waals surface area contributed by atoms with Crippen LogP contribution in [0.3, 0.4) is 0 Å². The molecule has 0 saturated heterocycles. The summed E-state index contributed by atoms with van der Waals surface area (Å²) in [5.74, 6) is 1.24. The van der Waals surface area contributed by atoms with Gasteiger partial charge in [-0.3, -0.25) is 4.79 Å². The molecule has 0 aliphatic carbocycles. The third-order valence-electron chi connectivity index (χ3n) is 4.84. The van der Waals surface area contributed by atoms with Crippen molar-refractivity contribution in [1.29, 1.82) is 0 Å². The molecule has 0 heterocycles. The van der Waals surface area contributed by atoms with Crippen LogP contribution in [-0.2, 0) is 14.8 Å². The lowest BCUT2D eigenvalue weighted by Gasteiger charge is -2.18. The first-order valence-electron chi connectivity index (χ1n) is 10.0. The van der Waals surface area contributed by atoms with Crippen molar-refractivity contribution in [3.8, 4) is 22.6 Å². The number of methoxy groups -OCH3 is 1. The van der Waals surface area contributed by atoms with Crippen molar-refractivity contribution in [3.05, 3.63) is 72.8 Å². The maximum Gasteiger partial charge on any atom is 0.242 e. The van der Waals surface area contributed by atoms with Crippen LogP contribution in [-0.4, -0.2) is 45.9 Å². The maximum absolute atomic E-state index is 12.9. The fourth-order valence-electron chi connectivity index (χ4n) is 3.03. The Labute approximate surface area is 188 Å². The predicted octanol–water partition coefficient (Wildman–Crippen LogP) is 4.02. The van der Waals surface area contributed by atoms with Gasteiger partial charge in [0.2, 0.25) is 15.9 Å². The van der Waals surface area contributed by atoms with E-state index in [0.29, 0.717) is 11.4 Å². The smallest absolute Gasteiger partial charge is 0.242 e. The van der Waals surface area contributed by atoms with Gasteiger partial charge in [-0.15, -0.1) is 0 Å². The van der Waals surface area contributed by atoms with Crippen molar-refractivity contribution in [2.75, 3.05) is 32.6 Å². The van der Waals surface area contributed by atoms with Gasteiger partial charge < -0.3 is 14.8 Å². The molecule has 7 nitrogen and oxygen atoms in total. The van der Waals surface area contributed by atoms with Gasteiger partial charge in [-0.1, -0.05) is 24.3 Å². The molecule has 3 aromatic carbocycles. The second-order valence-corrected chi connectivity index (χ2v) is 9.18. The molecule has 3 aromatic rings. The summed E-state index contributed by atoms with van der Waals surface area (Å²) in [7, 11) is -0.519. The van der Waals surface area contributed by atoms with Crippen LogP contribution < -0.4 is 14.8 Å². The summed E-state index contributed by atoms with van der Waals surface area (Å²) in [6.45, 7) is 1.89. The molecule has 0 unspecified atom stereocenters. The van der Waals surface area contributed by atoms with E-state index in [1.165, 1.54) is 18.3 Å². The number of amides is 1. The third kappa shape index (κ3) is 5.87. The van der Waals surface area contributed by atoms with Gasteiger partial charge in [-0.05, 0) is 59.7 Å². The van der Waals surface area contributed by atoms with Gasteiger partial charge in [0, 0.05) is 26.2 Å². The average Bonchev–Trinajstić information content (AvgIpc) is 2.79. The highest BCUT2D eigenvalue weighted by molar-refractivity contribution is 7.89. The van der Waals surface area contributed by atoms with E-state index in [1.807, 2.05) is 12.1 Å². The van der Waals surface area contributed by atoms with Crippen molar-refractivity contribution in [3.63, 3.8) is 0 Å². The average molecular weight is 455 g/mol. The first kappa shape index (κ1) is 23.3. The number of rotatable bonds is 9. The van der Waals surface area contributed by atoms with Crippen LogP contribution in [0.5, 0.6) is 11.5 Å². The molecule has 32 heavy (non-hydrogen) atoms. The van der Waals surface area contributed by atoms with Gasteiger partial charge in [-0.25, -0.2) is 8.42 Å². The second-order valence-electron chi connectivity index (χ2n) is 7.13. The summed E-state index contributed by atoms with van der Waals surface area (Å²) in [5, 5.41) is 2.72. The summed E-state index contributed by atoms with van der Waals surface area (Å²) in [4.78, 5) is 11.3. The predicted molar refractivity (Wildman–Crippen MR) is 124 cm³/mol. The standard InChI is InChI=1S/C24H26N2O5S/c1-18(27)25-21-8-4-19(5-9-21)20-6-14-24(15-7-20)32(28,29)26(2)16-17-31-23-12-10-22(30-3)11-13-23/h4-15H,16-17H2,1-3H3,(H,25,27). The number of hydrogen-bond acceptors (Lipinski definition) is 5. The van der Waals surface area contributed by atoms with Crippen LogP contribution in [0.15, 0.2) is 77.7 Å². The van der Waals surface area contributed by atoms with Crippen LogP contribution in [0.4, 0.5) is 5.69 Å². The minimum Gasteiger partial charge on any atom is -0.497 e. The summed E-state index contributed by atoms with van der Waals surface area (Å²) >= 11 is 0. The molecule has 0 radical (unpaired) electrons. The zero-order valence-electron chi connectivity index (χ0n) is 18.2. The van der Waals surface area contributed by atoms with Gasteiger partial charge in [0.05, 0.1) is 12.0 Å². The Balaban J connectivity index is 1.61. The van der Waals surface area contributed by atoms with Crippen LogP contribution in [0.1, 0.15) is 6.92 Å². The number of carbonyl (C=O) groups is 1. The van der Waals surface area contributed by atoms with Crippen LogP contribution in [0.25, 0.3) is 11.1 Å². The highest BCUT2D eigenvalue weighted by Gasteiger charge is 2.20. The minimum atomic E-state index is -3.64. The first-order chi connectivity index (χ1) is 15.3. The number of likely N-dealkylation sites (N-methyl/N-ethyl adjacent to an activating group) is 1. The fraction of sp³-hybridized carbons (Fsp3) is 0.208. The summed E-state index contributed by atoms with van der Waals surface area (Å²) in [5.41, 5.74) is 2.51. The number of sulfonamides is 1. The molecular formula is C24H26N2O5S. The molecular weight excluding hydrogens is 428 g/mol. The number of nitrogens with zero attached hydrogens (tertiary/aromatic N) is 1. The Hall–Kier alpha value is -3.36. The number of ether oxygens (including phenoxy) is 2. The van der Waals surface area contributed by atoms with E-state index in [4.69, 9.17) is 9.47 Å². The van der Waals surface area contributed by atoms with Crippen molar-refractivity contribution >= 4 is 21.6 Å². The second kappa shape index (κ2) is 10.3. The Morgan fingerprint density at radius 3 is 1.94 bits per heavy atom. The fourth-order valence-corrected chi connectivity index (χ4v) is 4.19. The molecule has 0 spiro atoms. The maximum atomic E-state index is 12.9. The minimum absolute atomic E-state index is 0.133. The van der Waals surface area contributed by atoms with E-state index in [2.05, 4.69) is 5.32 Å². The molecule has 168 valence electrons. The highest BCUT2D eigenvalue weighted by Crippen LogP contribution is 2.24. The largest absolute Gasteiger partial charge is 0.497 e. The quantitative estimate of drug-likeness (QED) is 0.528. The number of anilines is 1. The number of carbonyl (C=O) groups excluding carboxylic acids is 1. The van der Waals surface area contributed by atoms with Crippen molar-refractivity contribution in [2.24, 2.45) is 0 Å². The highest BCUT2D eigenvalue weighted by atomic mass is 32.2. The van der Waals surface area contributed by atoms with Gasteiger partial charge >= 0.3 is 0 Å². The van der Waals surface area contributed by atoms with Crippen molar-refractivity contribution < 1.29 is 22.7 Å². The van der Waals surface area contributed by atoms with E-state index in [0.717, 1.165) is 16.9 Å². The van der Waals surface area contributed by atoms with Gasteiger partial charge in [0.15, 0.2) is 0 Å². The Morgan fingerprint density at radius 1 is 0.875 bits per heavy atom. The normalized spacial score (nSPS) is 11.2. The molecule has 3 rings (SSSR count). The zero-order valence-corrected chi connectivity index (χ0v) is 19.1. The van der Waals surface area contributed by atoms with Crippen LogP contribution in [0.2, 0.25) is 0 Å². The number of benzene rings is 3. The van der Waals surface area contributed by atoms with Gasteiger partial charge in [0.1, 0.15) is 18.1 Å². The lowest BCUT2D eigenvalue weighted by molar-refractivity contribution is -0.114. The van der Waals surface area contributed by atoms with E-state index in [-0.39, 0.29) is 24.0 Å². The van der Waals surface area contributed by atoms with Gasteiger partial charge in [0.25, 0.3) is 0 Å². The molecule has 0 fully saturated rings. The molecule has 1 amide bonds. The number of hydrogen-bond donors (Lipinski definition) is 1. The van der Waals surface area contributed by atoms with Crippen LogP contribution >= 0.6 is 0 Å². The summed E-state index contributed by atoms with van der Waals surface area (Å²) < 4.78 is 37.7. The molecule has 1 N–H and O–H groups in total. The Bertz CT molecular complexity index is 1140. The van der Waals surface area contributed by atoms with E-state index in [9.17, 15) is 13.2 Å². The van der Waals surface area contributed by atoms with Crippen LogP contribution in [0, 0.1) is 0 Å². The first-order valence-corrected chi connectivity index (χ1v) is 11.4. The molecule has 0 bridgehead atoms. The topological polar surface area (TPSA) is 84.9 Å². The van der Waals surface area contributed by atoms with E-state index in [1.54, 1.807) is 67.8 Å². The lowest BCUT2D eigenvalue weighted by atomic mass is 10.1. The molecule has 0 aliphatic heterocycles. The molecule has 0 atom stereocenters. The van der Waals surface area contributed by atoms with E-state index >= 15 is 0 Å². The van der Waals surface area contributed by atoms with Gasteiger partial charge in [-0.2, -0.15) is 4.31 Å². The van der Waals surface area contributed by atoms with Crippen molar-refractivity contribution in [2.45, 2.75) is 11.8 Å². The summed E-state index contributed by atoms with van der Waals surface area (Å²) in [6, 6.07) is 21.2. The monoisotopic (exact) mass is 454 g/mol. The Morgan fingerprint density at radius 2 is 1.41 bits per heavy atom. The summed E-state index contributed by atoms with van der Waals surface area (Å²) in [6.07, 6.45) is 0. The van der Waals surface area contributed by atoms with E-state index < -0.39 is 10.0 Å². The lowest BCUT2D eigenvalue weighted by Crippen LogP contribution is -2.31. The molecule has 0 saturated carbocycles. The van der Waals surface area contributed by atoms with Crippen molar-refractivity contribution in [1.82, 2.24) is 4.31 Å². The Kier molecular flexibility index (Phi) is 7.50. The molecule has 0 aliphatic rings. The zero-order chi connectivity index (χ0) is 23.1. The number of nitrogens with one attached hydrogen (secondary N) is 1. The molecule has 8 heteroatoms.